The Kier molecular flexibility index (Phi) is 4.70. The zero-order chi connectivity index (χ0) is 12.8. The van der Waals surface area contributed by atoms with Crippen molar-refractivity contribution in [2.75, 3.05) is 20.2 Å². The van der Waals surface area contributed by atoms with Crippen molar-refractivity contribution in [3.63, 3.8) is 0 Å². The molecule has 0 saturated carbocycles. The lowest BCUT2D eigenvalue weighted by molar-refractivity contribution is 0.415. The zero-order valence-electron chi connectivity index (χ0n) is 10.5. The molecular formula is C13H18ClN3O. The van der Waals surface area contributed by atoms with E-state index in [1.165, 1.54) is 6.42 Å². The molecule has 98 valence electrons. The average Bonchev–Trinajstić information content (AvgIpc) is 2.65. The van der Waals surface area contributed by atoms with Gasteiger partial charge >= 0.3 is 0 Å². The zero-order valence-corrected chi connectivity index (χ0v) is 11.3. The predicted octanol–water partition coefficient (Wildman–Crippen LogP) is 2.18. The van der Waals surface area contributed by atoms with E-state index in [1.807, 2.05) is 18.2 Å². The first kappa shape index (κ1) is 13.0. The van der Waals surface area contributed by atoms with Gasteiger partial charge in [-0.3, -0.25) is 4.99 Å². The minimum Gasteiger partial charge on any atom is -0.495 e. The van der Waals surface area contributed by atoms with Crippen molar-refractivity contribution in [3.8, 4) is 5.75 Å². The number of aliphatic imine (C=N–C) groups is 1. The molecule has 0 aliphatic carbocycles. The van der Waals surface area contributed by atoms with Crippen molar-refractivity contribution in [2.45, 2.75) is 19.4 Å². The highest BCUT2D eigenvalue weighted by Gasteiger charge is 2.04. The molecule has 4 nitrogen and oxygen atoms in total. The Hall–Kier alpha value is -1.42. The van der Waals surface area contributed by atoms with Crippen LogP contribution in [0.4, 0.5) is 0 Å². The monoisotopic (exact) mass is 267 g/mol. The van der Waals surface area contributed by atoms with Gasteiger partial charge in [-0.05, 0) is 30.5 Å². The summed E-state index contributed by atoms with van der Waals surface area (Å²) in [6, 6.07) is 5.78. The molecule has 2 N–H and O–H groups in total. The van der Waals surface area contributed by atoms with Crippen LogP contribution in [-0.4, -0.2) is 26.2 Å². The second kappa shape index (κ2) is 6.50. The molecular weight excluding hydrogens is 250 g/mol. The maximum absolute atomic E-state index is 6.08. The van der Waals surface area contributed by atoms with Gasteiger partial charge in [0.2, 0.25) is 0 Å². The van der Waals surface area contributed by atoms with E-state index in [0.717, 1.165) is 31.0 Å². The van der Waals surface area contributed by atoms with Crippen molar-refractivity contribution in [3.05, 3.63) is 28.8 Å². The van der Waals surface area contributed by atoms with Crippen LogP contribution in [0.3, 0.4) is 0 Å². The summed E-state index contributed by atoms with van der Waals surface area (Å²) in [5, 5.41) is 7.18. The summed E-state index contributed by atoms with van der Waals surface area (Å²) < 4.78 is 5.12. The van der Waals surface area contributed by atoms with Crippen molar-refractivity contribution in [1.29, 1.82) is 0 Å². The predicted molar refractivity (Wildman–Crippen MR) is 74.4 cm³/mol. The molecule has 5 heteroatoms. The quantitative estimate of drug-likeness (QED) is 0.882. The molecule has 0 spiro atoms. The lowest BCUT2D eigenvalue weighted by Gasteiger charge is -2.11. The summed E-state index contributed by atoms with van der Waals surface area (Å²) in [6.45, 7) is 2.57. The van der Waals surface area contributed by atoms with E-state index in [1.54, 1.807) is 7.11 Å². The summed E-state index contributed by atoms with van der Waals surface area (Å²) in [5.41, 5.74) is 1.11. The van der Waals surface area contributed by atoms with Crippen LogP contribution < -0.4 is 15.4 Å². The summed E-state index contributed by atoms with van der Waals surface area (Å²) in [7, 11) is 1.61. The Bertz CT molecular complexity index is 434. The van der Waals surface area contributed by atoms with E-state index in [0.29, 0.717) is 17.3 Å². The standard InChI is InChI=1S/C13H18ClN3O/c1-18-12-5-4-10(8-11(12)14)9-17-13-15-6-2-3-7-16-13/h4-5,8H,2-3,6-7,9H2,1H3,(H2,15,16,17). The Balaban J connectivity index is 1.93. The maximum atomic E-state index is 6.08. The summed E-state index contributed by atoms with van der Waals surface area (Å²) in [6.07, 6.45) is 2.32. The van der Waals surface area contributed by atoms with E-state index in [-0.39, 0.29) is 0 Å². The second-order valence-electron chi connectivity index (χ2n) is 4.19. The number of rotatable bonds is 3. The highest BCUT2D eigenvalue weighted by Crippen LogP contribution is 2.24. The molecule has 0 atom stereocenters. The van der Waals surface area contributed by atoms with Gasteiger partial charge in [0.1, 0.15) is 5.75 Å². The van der Waals surface area contributed by atoms with Crippen LogP contribution in [0.25, 0.3) is 0 Å². The number of methoxy groups -OCH3 is 1. The molecule has 0 bridgehead atoms. The van der Waals surface area contributed by atoms with Gasteiger partial charge in [-0.25, -0.2) is 0 Å². The number of hydrogen-bond donors (Lipinski definition) is 2. The molecule has 0 fully saturated rings. The molecule has 1 aliphatic rings. The van der Waals surface area contributed by atoms with Crippen molar-refractivity contribution < 1.29 is 4.74 Å². The Morgan fingerprint density at radius 1 is 1.44 bits per heavy atom. The number of hydrogen-bond acceptors (Lipinski definition) is 4. The molecule has 0 unspecified atom stereocenters. The van der Waals surface area contributed by atoms with Gasteiger partial charge in [-0.1, -0.05) is 17.7 Å². The van der Waals surface area contributed by atoms with Gasteiger partial charge in [0.05, 0.1) is 12.1 Å². The summed E-state index contributed by atoms with van der Waals surface area (Å²) in [4.78, 5) is 4.43. The SMILES string of the molecule is COc1ccc(CNC2=NCCCCN2)cc1Cl. The first-order chi connectivity index (χ1) is 8.79. The molecule has 1 aromatic rings. The van der Waals surface area contributed by atoms with Crippen LogP contribution in [-0.2, 0) is 6.54 Å². The van der Waals surface area contributed by atoms with Crippen LogP contribution in [0.1, 0.15) is 18.4 Å². The molecule has 18 heavy (non-hydrogen) atoms. The topological polar surface area (TPSA) is 45.6 Å². The third kappa shape index (κ3) is 3.53. The van der Waals surface area contributed by atoms with E-state index < -0.39 is 0 Å². The second-order valence-corrected chi connectivity index (χ2v) is 4.59. The molecule has 0 saturated heterocycles. The molecule has 0 radical (unpaired) electrons. The minimum atomic E-state index is 0.632. The smallest absolute Gasteiger partial charge is 0.191 e. The van der Waals surface area contributed by atoms with Crippen LogP contribution in [0.2, 0.25) is 5.02 Å². The number of nitrogens with zero attached hydrogens (tertiary/aromatic N) is 1. The number of halogens is 1. The van der Waals surface area contributed by atoms with Gasteiger partial charge in [-0.2, -0.15) is 0 Å². The van der Waals surface area contributed by atoms with Crippen LogP contribution in [0.15, 0.2) is 23.2 Å². The number of ether oxygens (including phenoxy) is 1. The fourth-order valence-corrected chi connectivity index (χ4v) is 2.09. The van der Waals surface area contributed by atoms with E-state index >= 15 is 0 Å². The average molecular weight is 268 g/mol. The van der Waals surface area contributed by atoms with Gasteiger partial charge in [-0.15, -0.1) is 0 Å². The Morgan fingerprint density at radius 3 is 3.11 bits per heavy atom. The lowest BCUT2D eigenvalue weighted by Crippen LogP contribution is -2.36. The molecule has 1 aliphatic heterocycles. The molecule has 0 aromatic heterocycles. The largest absolute Gasteiger partial charge is 0.495 e. The van der Waals surface area contributed by atoms with Crippen molar-refractivity contribution >= 4 is 17.6 Å². The number of benzene rings is 1. The van der Waals surface area contributed by atoms with Crippen LogP contribution >= 0.6 is 11.6 Å². The van der Waals surface area contributed by atoms with Gasteiger partial charge in [0.25, 0.3) is 0 Å². The minimum absolute atomic E-state index is 0.632. The first-order valence-corrected chi connectivity index (χ1v) is 6.52. The van der Waals surface area contributed by atoms with Crippen LogP contribution in [0, 0.1) is 0 Å². The molecule has 1 heterocycles. The van der Waals surface area contributed by atoms with Gasteiger partial charge < -0.3 is 15.4 Å². The van der Waals surface area contributed by atoms with Crippen molar-refractivity contribution in [1.82, 2.24) is 10.6 Å². The molecule has 2 rings (SSSR count). The maximum Gasteiger partial charge on any atom is 0.191 e. The molecule has 0 amide bonds. The van der Waals surface area contributed by atoms with E-state index in [4.69, 9.17) is 16.3 Å². The first-order valence-electron chi connectivity index (χ1n) is 6.14. The van der Waals surface area contributed by atoms with E-state index in [9.17, 15) is 0 Å². The summed E-state index contributed by atoms with van der Waals surface area (Å²) in [5.74, 6) is 1.57. The van der Waals surface area contributed by atoms with Gasteiger partial charge in [0, 0.05) is 19.6 Å². The van der Waals surface area contributed by atoms with E-state index in [2.05, 4.69) is 15.6 Å². The Labute approximate surface area is 112 Å². The number of nitrogens with one attached hydrogen (secondary N) is 2. The Morgan fingerprint density at radius 2 is 2.33 bits per heavy atom. The normalized spacial score (nSPS) is 15.3. The fraction of sp³-hybridized carbons (Fsp3) is 0.462. The van der Waals surface area contributed by atoms with Gasteiger partial charge in [0.15, 0.2) is 5.96 Å². The fourth-order valence-electron chi connectivity index (χ4n) is 1.81. The highest BCUT2D eigenvalue weighted by molar-refractivity contribution is 6.32. The highest BCUT2D eigenvalue weighted by atomic mass is 35.5. The lowest BCUT2D eigenvalue weighted by atomic mass is 10.2. The third-order valence-electron chi connectivity index (χ3n) is 2.82. The molecule has 1 aromatic carbocycles. The third-order valence-corrected chi connectivity index (χ3v) is 3.12. The summed E-state index contributed by atoms with van der Waals surface area (Å²) >= 11 is 6.08. The van der Waals surface area contributed by atoms with Crippen molar-refractivity contribution in [2.24, 2.45) is 4.99 Å². The van der Waals surface area contributed by atoms with Crippen LogP contribution in [0.5, 0.6) is 5.75 Å². The number of guanidine groups is 1.